The number of unbranched alkanes of at least 4 members (excludes halogenated alkanes) is 1. The first-order valence-corrected chi connectivity index (χ1v) is 9.64. The molecule has 0 fully saturated rings. The molecule has 0 aliphatic heterocycles. The smallest absolute Gasteiger partial charge is 0.0600 e. The van der Waals surface area contributed by atoms with Crippen LogP contribution in [0.5, 0.6) is 0 Å². The first-order valence-electron chi connectivity index (χ1n) is 8.77. The van der Waals surface area contributed by atoms with Gasteiger partial charge in [0.15, 0.2) is 0 Å². The molecule has 0 radical (unpaired) electrons. The van der Waals surface area contributed by atoms with E-state index in [0.717, 1.165) is 44.1 Å². The summed E-state index contributed by atoms with van der Waals surface area (Å²) in [6.07, 6.45) is 12.6. The lowest BCUT2D eigenvalue weighted by Crippen LogP contribution is -2.20. The number of aliphatic hydroxyl groups excluding tert-OH is 2. The van der Waals surface area contributed by atoms with E-state index >= 15 is 0 Å². The molecule has 2 N–H and O–H groups in total. The molecule has 0 bridgehead atoms. The summed E-state index contributed by atoms with van der Waals surface area (Å²) in [5.41, 5.74) is 4.08. The Kier molecular flexibility index (Phi) is 14.6. The predicted molar refractivity (Wildman–Crippen MR) is 105 cm³/mol. The summed E-state index contributed by atoms with van der Waals surface area (Å²) >= 11 is 11.3. The zero-order chi connectivity index (χ0) is 18.4. The van der Waals surface area contributed by atoms with Crippen LogP contribution >= 0.6 is 23.2 Å². The second-order valence-electron chi connectivity index (χ2n) is 6.74. The second-order valence-corrected chi connectivity index (χ2v) is 7.21. The largest absolute Gasteiger partial charge is 0.393 e. The summed E-state index contributed by atoms with van der Waals surface area (Å²) in [5.74, 6) is 3.28. The van der Waals surface area contributed by atoms with Crippen LogP contribution in [-0.4, -0.2) is 22.4 Å². The molecule has 0 saturated heterocycles. The van der Waals surface area contributed by atoms with Gasteiger partial charge in [-0.05, 0) is 56.8 Å². The normalized spacial score (nSPS) is 17.5. The highest BCUT2D eigenvalue weighted by molar-refractivity contribution is 6.25. The molecular weight excluding hydrogens is 343 g/mol. The van der Waals surface area contributed by atoms with Gasteiger partial charge in [-0.3, -0.25) is 0 Å². The van der Waals surface area contributed by atoms with Gasteiger partial charge in [0.2, 0.25) is 0 Å². The van der Waals surface area contributed by atoms with Crippen LogP contribution in [-0.2, 0) is 0 Å². The van der Waals surface area contributed by atoms with Gasteiger partial charge in [0.05, 0.1) is 12.2 Å². The van der Waals surface area contributed by atoms with Crippen molar-refractivity contribution in [3.63, 3.8) is 0 Å². The zero-order valence-electron chi connectivity index (χ0n) is 14.9. The van der Waals surface area contributed by atoms with Crippen molar-refractivity contribution in [3.05, 3.63) is 22.7 Å². The summed E-state index contributed by atoms with van der Waals surface area (Å²) in [6, 6.07) is 0. The lowest BCUT2D eigenvalue weighted by molar-refractivity contribution is 0.100. The fourth-order valence-corrected chi connectivity index (χ4v) is 3.13. The van der Waals surface area contributed by atoms with Crippen molar-refractivity contribution in [1.82, 2.24) is 0 Å². The third-order valence-electron chi connectivity index (χ3n) is 4.36. The highest BCUT2D eigenvalue weighted by atomic mass is 35.5. The minimum absolute atomic E-state index is 0.215. The molecule has 0 aromatic rings. The van der Waals surface area contributed by atoms with Gasteiger partial charge in [0.1, 0.15) is 0 Å². The van der Waals surface area contributed by atoms with Crippen molar-refractivity contribution in [2.24, 2.45) is 11.8 Å². The summed E-state index contributed by atoms with van der Waals surface area (Å²) in [4.78, 5) is 0. The fourth-order valence-electron chi connectivity index (χ4n) is 2.83. The molecular formula is C20H32Cl2O2. The topological polar surface area (TPSA) is 40.5 Å². The predicted octanol–water partition coefficient (Wildman–Crippen LogP) is 5.61. The number of aliphatic hydroxyl groups is 2. The number of halogens is 2. The molecule has 4 heteroatoms. The van der Waals surface area contributed by atoms with E-state index in [-0.39, 0.29) is 18.1 Å². The molecule has 0 amide bonds. The maximum absolute atomic E-state index is 10.2. The monoisotopic (exact) mass is 374 g/mol. The van der Waals surface area contributed by atoms with Gasteiger partial charge in [-0.15, -0.1) is 12.3 Å². The summed E-state index contributed by atoms with van der Waals surface area (Å²) in [5, 5.41) is 20.2. The molecule has 0 aromatic carbocycles. The van der Waals surface area contributed by atoms with E-state index in [1.807, 2.05) is 0 Å². The number of terminal acetylenes is 1. The van der Waals surface area contributed by atoms with E-state index in [0.29, 0.717) is 18.8 Å². The van der Waals surface area contributed by atoms with E-state index in [2.05, 4.69) is 19.8 Å². The Morgan fingerprint density at radius 3 is 2.50 bits per heavy atom. The maximum atomic E-state index is 10.2. The molecule has 0 aromatic heterocycles. The maximum Gasteiger partial charge on any atom is 0.0600 e. The van der Waals surface area contributed by atoms with E-state index < -0.39 is 0 Å². The van der Waals surface area contributed by atoms with Gasteiger partial charge >= 0.3 is 0 Å². The Hall–Kier alpha value is -0.460. The van der Waals surface area contributed by atoms with Gasteiger partial charge in [0, 0.05) is 17.5 Å². The minimum atomic E-state index is -0.373. The van der Waals surface area contributed by atoms with Gasteiger partial charge in [-0.25, -0.2) is 0 Å². The number of hydrogen-bond donors (Lipinski definition) is 2. The van der Waals surface area contributed by atoms with Crippen molar-refractivity contribution in [3.8, 4) is 12.3 Å². The quantitative estimate of drug-likeness (QED) is 0.324. The Labute approximate surface area is 157 Å². The van der Waals surface area contributed by atoms with Gasteiger partial charge in [-0.1, -0.05) is 48.7 Å². The second kappa shape index (κ2) is 14.8. The van der Waals surface area contributed by atoms with Gasteiger partial charge in [0.25, 0.3) is 0 Å². The van der Waals surface area contributed by atoms with Crippen molar-refractivity contribution >= 4 is 23.2 Å². The highest BCUT2D eigenvalue weighted by Crippen LogP contribution is 2.24. The van der Waals surface area contributed by atoms with Gasteiger partial charge < -0.3 is 10.2 Å². The molecule has 0 rings (SSSR count). The molecule has 0 saturated carbocycles. The SMILES string of the molecule is C#CCCCC(=CCl)CC(O)CCC(C)CC(C)C(O)CC=CCl. The van der Waals surface area contributed by atoms with Crippen LogP contribution in [0, 0.1) is 24.2 Å². The lowest BCUT2D eigenvalue weighted by Gasteiger charge is -2.22. The first kappa shape index (κ1) is 23.5. The zero-order valence-corrected chi connectivity index (χ0v) is 16.4. The number of rotatable bonds is 13. The third kappa shape index (κ3) is 12.0. The third-order valence-corrected chi connectivity index (χ3v) is 4.85. The number of hydrogen-bond acceptors (Lipinski definition) is 2. The van der Waals surface area contributed by atoms with E-state index in [1.165, 1.54) is 5.54 Å². The standard InChI is InChI=1S/C20H32Cl2O2/c1-4-5-6-8-18(15-22)14-19(23)11-10-16(2)13-17(3)20(24)9-7-12-21/h1,7,12,15-17,19-20,23-24H,5-6,8-11,13-14H2,2-3H3. The highest BCUT2D eigenvalue weighted by Gasteiger charge is 2.17. The van der Waals surface area contributed by atoms with Crippen LogP contribution in [0.4, 0.5) is 0 Å². The van der Waals surface area contributed by atoms with E-state index in [1.54, 1.807) is 11.6 Å². The summed E-state index contributed by atoms with van der Waals surface area (Å²) < 4.78 is 0. The molecule has 4 atom stereocenters. The Balaban J connectivity index is 4.07. The van der Waals surface area contributed by atoms with Crippen molar-refractivity contribution in [1.29, 1.82) is 0 Å². The van der Waals surface area contributed by atoms with E-state index in [9.17, 15) is 10.2 Å². The molecule has 0 heterocycles. The molecule has 0 aliphatic carbocycles. The van der Waals surface area contributed by atoms with Crippen LogP contribution in [0.15, 0.2) is 22.7 Å². The van der Waals surface area contributed by atoms with E-state index in [4.69, 9.17) is 29.6 Å². The Morgan fingerprint density at radius 1 is 1.21 bits per heavy atom. The van der Waals surface area contributed by atoms with Crippen LogP contribution in [0.2, 0.25) is 0 Å². The van der Waals surface area contributed by atoms with Crippen LogP contribution in [0.3, 0.4) is 0 Å². The average molecular weight is 375 g/mol. The van der Waals surface area contributed by atoms with Crippen molar-refractivity contribution < 1.29 is 10.2 Å². The Bertz CT molecular complexity index is 412. The van der Waals surface area contributed by atoms with Crippen LogP contribution in [0.1, 0.15) is 65.2 Å². The Morgan fingerprint density at radius 2 is 1.92 bits per heavy atom. The lowest BCUT2D eigenvalue weighted by atomic mass is 9.88. The molecule has 2 nitrogen and oxygen atoms in total. The molecule has 0 spiro atoms. The first-order chi connectivity index (χ1) is 11.4. The summed E-state index contributed by atoms with van der Waals surface area (Å²) in [7, 11) is 0. The van der Waals surface area contributed by atoms with Crippen LogP contribution < -0.4 is 0 Å². The van der Waals surface area contributed by atoms with Crippen LogP contribution in [0.25, 0.3) is 0 Å². The van der Waals surface area contributed by atoms with Crippen molar-refractivity contribution in [2.75, 3.05) is 0 Å². The summed E-state index contributed by atoms with van der Waals surface area (Å²) in [6.45, 7) is 4.22. The average Bonchev–Trinajstić information content (AvgIpc) is 2.56. The molecule has 138 valence electrons. The van der Waals surface area contributed by atoms with Gasteiger partial charge in [-0.2, -0.15) is 0 Å². The minimum Gasteiger partial charge on any atom is -0.393 e. The molecule has 0 aliphatic rings. The molecule has 24 heavy (non-hydrogen) atoms. The molecule has 4 unspecified atom stereocenters. The fraction of sp³-hybridized carbons (Fsp3) is 0.700. The van der Waals surface area contributed by atoms with Crippen molar-refractivity contribution in [2.45, 2.75) is 77.4 Å².